The largest absolute Gasteiger partial charge is 0.383 e. The Morgan fingerprint density at radius 1 is 1.23 bits per heavy atom. The maximum absolute atomic E-state index is 13.1. The van der Waals surface area contributed by atoms with Crippen LogP contribution in [-0.4, -0.2) is 48.5 Å². The maximum Gasteiger partial charge on any atom is 0.224 e. The Labute approximate surface area is 151 Å². The van der Waals surface area contributed by atoms with Gasteiger partial charge in [-0.25, -0.2) is 9.37 Å². The fraction of sp³-hybridized carbons (Fsp3) is 0.316. The zero-order chi connectivity index (χ0) is 18.4. The first kappa shape index (κ1) is 17.7. The molecule has 134 valence electrons. The molecule has 7 heteroatoms. The van der Waals surface area contributed by atoms with Crippen molar-refractivity contribution in [2.45, 2.75) is 6.42 Å². The van der Waals surface area contributed by atoms with E-state index in [1.165, 1.54) is 18.2 Å². The summed E-state index contributed by atoms with van der Waals surface area (Å²) in [6.07, 6.45) is 2.09. The summed E-state index contributed by atoms with van der Waals surface area (Å²) in [6.45, 7) is 3.24. The standard InChI is InChI=1S/C19H20FN5O/c20-16-4-5-17(15(13-16)14-21)22-8-6-19(26)25-11-9-24(10-12-25)18-3-1-2-7-23-18/h1-5,7,13,22H,6,8-12H2. The molecule has 0 atom stereocenters. The molecule has 1 aliphatic heterocycles. The molecule has 0 bridgehead atoms. The molecular formula is C19H20FN5O. The summed E-state index contributed by atoms with van der Waals surface area (Å²) >= 11 is 0. The number of anilines is 2. The Morgan fingerprint density at radius 3 is 2.73 bits per heavy atom. The fourth-order valence-electron chi connectivity index (χ4n) is 2.95. The summed E-state index contributed by atoms with van der Waals surface area (Å²) < 4.78 is 13.1. The average molecular weight is 353 g/mol. The third-order valence-electron chi connectivity index (χ3n) is 4.36. The van der Waals surface area contributed by atoms with Gasteiger partial charge in [0.15, 0.2) is 0 Å². The lowest BCUT2D eigenvalue weighted by atomic mass is 10.2. The molecule has 2 aromatic rings. The van der Waals surface area contributed by atoms with Crippen molar-refractivity contribution < 1.29 is 9.18 Å². The number of pyridine rings is 1. The van der Waals surface area contributed by atoms with Crippen LogP contribution < -0.4 is 10.2 Å². The van der Waals surface area contributed by atoms with E-state index in [0.717, 1.165) is 18.9 Å². The monoisotopic (exact) mass is 353 g/mol. The van der Waals surface area contributed by atoms with Crippen LogP contribution in [0.2, 0.25) is 0 Å². The first-order valence-electron chi connectivity index (χ1n) is 8.54. The minimum absolute atomic E-state index is 0.0683. The van der Waals surface area contributed by atoms with Crippen molar-refractivity contribution in [3.63, 3.8) is 0 Å². The van der Waals surface area contributed by atoms with Gasteiger partial charge in [-0.1, -0.05) is 6.07 Å². The molecule has 0 radical (unpaired) electrons. The summed E-state index contributed by atoms with van der Waals surface area (Å²) in [6, 6.07) is 11.7. The van der Waals surface area contributed by atoms with Gasteiger partial charge in [0.1, 0.15) is 17.7 Å². The van der Waals surface area contributed by atoms with E-state index in [2.05, 4.69) is 15.2 Å². The lowest BCUT2D eigenvalue weighted by Gasteiger charge is -2.35. The maximum atomic E-state index is 13.1. The Bertz CT molecular complexity index is 797. The van der Waals surface area contributed by atoms with E-state index in [1.54, 1.807) is 6.20 Å². The van der Waals surface area contributed by atoms with Gasteiger partial charge in [-0.15, -0.1) is 0 Å². The number of amides is 1. The summed E-state index contributed by atoms with van der Waals surface area (Å²) in [5.74, 6) is 0.550. The number of rotatable bonds is 5. The van der Waals surface area contributed by atoms with Crippen molar-refractivity contribution in [2.24, 2.45) is 0 Å². The second kappa shape index (κ2) is 8.30. The van der Waals surface area contributed by atoms with Gasteiger partial charge in [0.05, 0.1) is 11.3 Å². The van der Waals surface area contributed by atoms with Crippen LogP contribution in [0.1, 0.15) is 12.0 Å². The molecule has 1 N–H and O–H groups in total. The smallest absolute Gasteiger partial charge is 0.224 e. The molecule has 0 unspecified atom stereocenters. The molecule has 1 saturated heterocycles. The highest BCUT2D eigenvalue weighted by Crippen LogP contribution is 2.16. The molecule has 0 spiro atoms. The van der Waals surface area contributed by atoms with Gasteiger partial charge < -0.3 is 15.1 Å². The van der Waals surface area contributed by atoms with Crippen LogP contribution in [0, 0.1) is 17.1 Å². The first-order chi connectivity index (χ1) is 12.7. The van der Waals surface area contributed by atoms with Crippen molar-refractivity contribution >= 4 is 17.4 Å². The number of piperazine rings is 1. The van der Waals surface area contributed by atoms with Crippen molar-refractivity contribution in [1.29, 1.82) is 5.26 Å². The molecule has 3 rings (SSSR count). The Balaban J connectivity index is 1.46. The lowest BCUT2D eigenvalue weighted by Crippen LogP contribution is -2.49. The molecular weight excluding hydrogens is 333 g/mol. The van der Waals surface area contributed by atoms with Crippen molar-refractivity contribution in [2.75, 3.05) is 42.9 Å². The Hall–Kier alpha value is -3.14. The number of halogens is 1. The highest BCUT2D eigenvalue weighted by Gasteiger charge is 2.21. The number of benzene rings is 1. The molecule has 1 aromatic carbocycles. The lowest BCUT2D eigenvalue weighted by molar-refractivity contribution is -0.131. The van der Waals surface area contributed by atoms with Gasteiger partial charge in [0, 0.05) is 45.3 Å². The third kappa shape index (κ3) is 4.28. The summed E-state index contributed by atoms with van der Waals surface area (Å²) in [7, 11) is 0. The van der Waals surface area contributed by atoms with Crippen LogP contribution in [0.3, 0.4) is 0 Å². The quantitative estimate of drug-likeness (QED) is 0.893. The fourth-order valence-corrected chi connectivity index (χ4v) is 2.95. The summed E-state index contributed by atoms with van der Waals surface area (Å²) in [5, 5.41) is 12.1. The van der Waals surface area contributed by atoms with Crippen LogP contribution in [0.15, 0.2) is 42.6 Å². The minimum atomic E-state index is -0.450. The minimum Gasteiger partial charge on any atom is -0.383 e. The molecule has 1 fully saturated rings. The SMILES string of the molecule is N#Cc1cc(F)ccc1NCCC(=O)N1CCN(c2ccccn2)CC1. The van der Waals surface area contributed by atoms with Gasteiger partial charge in [-0.05, 0) is 30.3 Å². The van der Waals surface area contributed by atoms with Crippen molar-refractivity contribution in [1.82, 2.24) is 9.88 Å². The van der Waals surface area contributed by atoms with Crippen LogP contribution >= 0.6 is 0 Å². The predicted octanol–water partition coefficient (Wildman–Crippen LogP) is 2.24. The molecule has 0 aliphatic carbocycles. The van der Waals surface area contributed by atoms with Gasteiger partial charge in [0.25, 0.3) is 0 Å². The highest BCUT2D eigenvalue weighted by molar-refractivity contribution is 5.77. The molecule has 2 heterocycles. The van der Waals surface area contributed by atoms with E-state index in [0.29, 0.717) is 31.7 Å². The Kier molecular flexibility index (Phi) is 5.64. The van der Waals surface area contributed by atoms with Gasteiger partial charge in [-0.2, -0.15) is 5.26 Å². The van der Waals surface area contributed by atoms with Gasteiger partial charge in [-0.3, -0.25) is 4.79 Å². The van der Waals surface area contributed by atoms with Crippen LogP contribution in [-0.2, 0) is 4.79 Å². The number of nitrogens with one attached hydrogen (secondary N) is 1. The zero-order valence-corrected chi connectivity index (χ0v) is 14.4. The van der Waals surface area contributed by atoms with E-state index in [1.807, 2.05) is 29.2 Å². The van der Waals surface area contributed by atoms with E-state index < -0.39 is 5.82 Å². The second-order valence-electron chi connectivity index (χ2n) is 6.03. The third-order valence-corrected chi connectivity index (χ3v) is 4.36. The normalized spacial score (nSPS) is 14.0. The molecule has 1 amide bonds. The molecule has 26 heavy (non-hydrogen) atoms. The number of hydrogen-bond donors (Lipinski definition) is 1. The topological polar surface area (TPSA) is 72.3 Å². The predicted molar refractivity (Wildman–Crippen MR) is 97.3 cm³/mol. The molecule has 6 nitrogen and oxygen atoms in total. The van der Waals surface area contributed by atoms with E-state index in [-0.39, 0.29) is 11.5 Å². The van der Waals surface area contributed by atoms with E-state index >= 15 is 0 Å². The van der Waals surface area contributed by atoms with Gasteiger partial charge in [0.2, 0.25) is 5.91 Å². The van der Waals surface area contributed by atoms with E-state index in [9.17, 15) is 9.18 Å². The van der Waals surface area contributed by atoms with Crippen LogP contribution in [0.25, 0.3) is 0 Å². The van der Waals surface area contributed by atoms with Crippen LogP contribution in [0.4, 0.5) is 15.9 Å². The number of nitrogens with zero attached hydrogens (tertiary/aromatic N) is 4. The van der Waals surface area contributed by atoms with Crippen molar-refractivity contribution in [3.05, 3.63) is 54.0 Å². The Morgan fingerprint density at radius 2 is 2.04 bits per heavy atom. The van der Waals surface area contributed by atoms with E-state index in [4.69, 9.17) is 5.26 Å². The average Bonchev–Trinajstić information content (AvgIpc) is 2.69. The number of carbonyl (C=O) groups is 1. The van der Waals surface area contributed by atoms with Crippen LogP contribution in [0.5, 0.6) is 0 Å². The highest BCUT2D eigenvalue weighted by atomic mass is 19.1. The number of hydrogen-bond acceptors (Lipinski definition) is 5. The summed E-state index contributed by atoms with van der Waals surface area (Å²) in [4.78, 5) is 20.7. The van der Waals surface area contributed by atoms with Gasteiger partial charge >= 0.3 is 0 Å². The van der Waals surface area contributed by atoms with Crippen molar-refractivity contribution in [3.8, 4) is 6.07 Å². The zero-order valence-electron chi connectivity index (χ0n) is 14.4. The second-order valence-corrected chi connectivity index (χ2v) is 6.03. The number of nitriles is 1. The molecule has 1 aromatic heterocycles. The number of aromatic nitrogens is 1. The first-order valence-corrected chi connectivity index (χ1v) is 8.54. The summed E-state index contributed by atoms with van der Waals surface area (Å²) in [5.41, 5.74) is 0.781. The number of carbonyl (C=O) groups excluding carboxylic acids is 1. The molecule has 1 aliphatic rings. The molecule has 0 saturated carbocycles.